The van der Waals surface area contributed by atoms with E-state index >= 15 is 0 Å². The van der Waals surface area contributed by atoms with Gasteiger partial charge in [-0.05, 0) is 18.6 Å². The molecule has 1 aliphatic rings. The van der Waals surface area contributed by atoms with Crippen LogP contribution in [-0.4, -0.2) is 32.0 Å². The van der Waals surface area contributed by atoms with Crippen molar-refractivity contribution < 1.29 is 4.79 Å². The number of carbonyl (C=O) groups is 1. The molecule has 24 heavy (non-hydrogen) atoms. The summed E-state index contributed by atoms with van der Waals surface area (Å²) in [5.41, 5.74) is 6.07. The second-order valence-electron chi connectivity index (χ2n) is 5.60. The number of para-hydroxylation sites is 1. The van der Waals surface area contributed by atoms with Crippen molar-refractivity contribution in [2.75, 3.05) is 10.4 Å². The number of rotatable bonds is 4. The van der Waals surface area contributed by atoms with Gasteiger partial charge in [-0.25, -0.2) is 15.0 Å². The number of hydrogen-bond acceptors (Lipinski definition) is 6. The standard InChI is InChI=1S/C16H17N7O/c1-2-5-12-21-16(24)10-6-3-4-7-11(10)23(12)22-15-13-14(18-8-17-13)19-9-20-15/h3-4,6-9,12H,2,5H2,1H3,(H,21,24)(H2,17,18,19,20,22). The van der Waals surface area contributed by atoms with E-state index in [2.05, 4.69) is 37.6 Å². The number of imidazole rings is 1. The Hall–Kier alpha value is -3.16. The first-order valence-corrected chi connectivity index (χ1v) is 7.88. The Morgan fingerprint density at radius 1 is 1.25 bits per heavy atom. The Balaban J connectivity index is 1.77. The van der Waals surface area contributed by atoms with Crippen LogP contribution >= 0.6 is 0 Å². The normalized spacial score (nSPS) is 16.8. The average molecular weight is 323 g/mol. The van der Waals surface area contributed by atoms with E-state index in [9.17, 15) is 4.79 Å². The Labute approximate surface area is 138 Å². The summed E-state index contributed by atoms with van der Waals surface area (Å²) in [4.78, 5) is 28.0. The molecule has 3 heterocycles. The molecule has 8 nitrogen and oxygen atoms in total. The summed E-state index contributed by atoms with van der Waals surface area (Å²) in [7, 11) is 0. The molecule has 8 heteroatoms. The fraction of sp³-hybridized carbons (Fsp3) is 0.250. The molecule has 3 N–H and O–H groups in total. The van der Waals surface area contributed by atoms with Crippen molar-refractivity contribution in [3.63, 3.8) is 0 Å². The average Bonchev–Trinajstić information content (AvgIpc) is 3.08. The number of H-pyrrole nitrogens is 1. The van der Waals surface area contributed by atoms with E-state index in [-0.39, 0.29) is 12.1 Å². The van der Waals surface area contributed by atoms with Crippen LogP contribution in [0.2, 0.25) is 0 Å². The molecule has 1 aliphatic heterocycles. The molecule has 0 saturated heterocycles. The molecular formula is C16H17N7O. The second-order valence-corrected chi connectivity index (χ2v) is 5.60. The maximum Gasteiger partial charge on any atom is 0.255 e. The van der Waals surface area contributed by atoms with Crippen LogP contribution in [-0.2, 0) is 0 Å². The second kappa shape index (κ2) is 5.80. The lowest BCUT2D eigenvalue weighted by Crippen LogP contribution is -2.55. The van der Waals surface area contributed by atoms with Gasteiger partial charge >= 0.3 is 0 Å². The Bertz CT molecular complexity index is 891. The van der Waals surface area contributed by atoms with Crippen LogP contribution in [0, 0.1) is 0 Å². The lowest BCUT2D eigenvalue weighted by atomic mass is 10.1. The summed E-state index contributed by atoms with van der Waals surface area (Å²) in [6, 6.07) is 7.50. The molecule has 3 aromatic rings. The zero-order valence-corrected chi connectivity index (χ0v) is 13.2. The van der Waals surface area contributed by atoms with Crippen molar-refractivity contribution in [3.8, 4) is 0 Å². The van der Waals surface area contributed by atoms with E-state index in [1.165, 1.54) is 6.33 Å². The molecule has 0 saturated carbocycles. The van der Waals surface area contributed by atoms with Crippen molar-refractivity contribution in [2.24, 2.45) is 0 Å². The Morgan fingerprint density at radius 3 is 3.00 bits per heavy atom. The Kier molecular flexibility index (Phi) is 3.49. The fourth-order valence-corrected chi connectivity index (χ4v) is 2.91. The first-order valence-electron chi connectivity index (χ1n) is 7.88. The molecular weight excluding hydrogens is 306 g/mol. The quantitative estimate of drug-likeness (QED) is 0.680. The Morgan fingerprint density at radius 2 is 2.12 bits per heavy atom. The van der Waals surface area contributed by atoms with Gasteiger partial charge in [0.25, 0.3) is 5.91 Å². The maximum absolute atomic E-state index is 12.3. The van der Waals surface area contributed by atoms with Crippen LogP contribution in [0.15, 0.2) is 36.9 Å². The predicted molar refractivity (Wildman–Crippen MR) is 90.4 cm³/mol. The minimum Gasteiger partial charge on any atom is -0.330 e. The van der Waals surface area contributed by atoms with Crippen LogP contribution in [0.4, 0.5) is 11.5 Å². The van der Waals surface area contributed by atoms with Gasteiger partial charge < -0.3 is 10.3 Å². The molecule has 1 amide bonds. The van der Waals surface area contributed by atoms with Gasteiger partial charge in [0.2, 0.25) is 0 Å². The van der Waals surface area contributed by atoms with Gasteiger partial charge in [0.05, 0.1) is 17.6 Å². The first-order chi connectivity index (χ1) is 11.8. The highest BCUT2D eigenvalue weighted by Crippen LogP contribution is 2.28. The van der Waals surface area contributed by atoms with Crippen LogP contribution < -0.4 is 15.8 Å². The summed E-state index contributed by atoms with van der Waals surface area (Å²) in [6.45, 7) is 2.08. The number of carbonyl (C=O) groups excluding carboxylic acids is 1. The number of aromatic nitrogens is 4. The smallest absolute Gasteiger partial charge is 0.255 e. The number of hydrazine groups is 1. The molecule has 122 valence electrons. The van der Waals surface area contributed by atoms with E-state index < -0.39 is 0 Å². The monoisotopic (exact) mass is 323 g/mol. The molecule has 0 spiro atoms. The summed E-state index contributed by atoms with van der Waals surface area (Å²) in [5, 5.41) is 4.98. The predicted octanol–water partition coefficient (Wildman–Crippen LogP) is 2.06. The highest BCUT2D eigenvalue weighted by molar-refractivity contribution is 6.02. The highest BCUT2D eigenvalue weighted by Gasteiger charge is 2.30. The third-order valence-corrected chi connectivity index (χ3v) is 4.02. The van der Waals surface area contributed by atoms with Gasteiger partial charge in [0.1, 0.15) is 12.5 Å². The third-order valence-electron chi connectivity index (χ3n) is 4.02. The minimum atomic E-state index is -0.165. The van der Waals surface area contributed by atoms with Crippen molar-refractivity contribution in [2.45, 2.75) is 25.9 Å². The molecule has 2 aromatic heterocycles. The van der Waals surface area contributed by atoms with E-state index in [1.54, 1.807) is 6.33 Å². The van der Waals surface area contributed by atoms with E-state index in [1.807, 2.05) is 29.3 Å². The summed E-state index contributed by atoms with van der Waals surface area (Å²) in [6.07, 6.45) is 4.64. The number of hydrogen-bond donors (Lipinski definition) is 3. The van der Waals surface area contributed by atoms with E-state index in [0.717, 1.165) is 18.5 Å². The highest BCUT2D eigenvalue weighted by atomic mass is 16.2. The molecule has 1 unspecified atom stereocenters. The van der Waals surface area contributed by atoms with Crippen molar-refractivity contribution in [1.29, 1.82) is 0 Å². The summed E-state index contributed by atoms with van der Waals surface area (Å²) < 4.78 is 0. The zero-order chi connectivity index (χ0) is 16.5. The third kappa shape index (κ3) is 2.32. The molecule has 1 atom stereocenters. The summed E-state index contributed by atoms with van der Waals surface area (Å²) in [5.74, 6) is 0.531. The maximum atomic E-state index is 12.3. The number of nitrogens with one attached hydrogen (secondary N) is 3. The van der Waals surface area contributed by atoms with Gasteiger partial charge in [-0.15, -0.1) is 0 Å². The number of benzene rings is 1. The largest absolute Gasteiger partial charge is 0.330 e. The molecule has 0 bridgehead atoms. The molecule has 0 aliphatic carbocycles. The number of anilines is 2. The number of fused-ring (bicyclic) bond motifs is 2. The minimum absolute atomic E-state index is 0.0605. The van der Waals surface area contributed by atoms with Gasteiger partial charge in [-0.3, -0.25) is 15.2 Å². The van der Waals surface area contributed by atoms with Crippen molar-refractivity contribution in [1.82, 2.24) is 25.3 Å². The fourth-order valence-electron chi connectivity index (χ4n) is 2.91. The molecule has 4 rings (SSSR count). The van der Waals surface area contributed by atoms with Crippen molar-refractivity contribution in [3.05, 3.63) is 42.5 Å². The molecule has 0 fully saturated rings. The first kappa shape index (κ1) is 14.4. The van der Waals surface area contributed by atoms with Crippen LogP contribution in [0.3, 0.4) is 0 Å². The van der Waals surface area contributed by atoms with Gasteiger partial charge in [-0.2, -0.15) is 0 Å². The van der Waals surface area contributed by atoms with Gasteiger partial charge in [0, 0.05) is 0 Å². The number of amides is 1. The van der Waals surface area contributed by atoms with Crippen LogP contribution in [0.25, 0.3) is 11.2 Å². The summed E-state index contributed by atoms with van der Waals surface area (Å²) >= 11 is 0. The number of aromatic amines is 1. The van der Waals surface area contributed by atoms with Gasteiger partial charge in [0.15, 0.2) is 17.0 Å². The van der Waals surface area contributed by atoms with Crippen LogP contribution in [0.1, 0.15) is 30.1 Å². The van der Waals surface area contributed by atoms with E-state index in [0.29, 0.717) is 22.5 Å². The van der Waals surface area contributed by atoms with Gasteiger partial charge in [-0.1, -0.05) is 25.5 Å². The van der Waals surface area contributed by atoms with Crippen molar-refractivity contribution >= 4 is 28.6 Å². The number of nitrogens with zero attached hydrogens (tertiary/aromatic N) is 4. The molecule has 1 aromatic carbocycles. The van der Waals surface area contributed by atoms with E-state index in [4.69, 9.17) is 0 Å². The molecule has 0 radical (unpaired) electrons. The zero-order valence-electron chi connectivity index (χ0n) is 13.2. The lowest BCUT2D eigenvalue weighted by Gasteiger charge is -2.38. The topological polar surface area (TPSA) is 98.8 Å². The SMILES string of the molecule is CCCC1NC(=O)c2ccccc2N1Nc1ncnc2[nH]cnc12. The lowest BCUT2D eigenvalue weighted by molar-refractivity contribution is 0.0926. The van der Waals surface area contributed by atoms with Crippen LogP contribution in [0.5, 0.6) is 0 Å².